The lowest BCUT2D eigenvalue weighted by atomic mass is 10.1. The number of rotatable bonds is 4. The Bertz CT molecular complexity index is 787. The Labute approximate surface area is 148 Å². The van der Waals surface area contributed by atoms with Gasteiger partial charge in [0.05, 0.1) is 0 Å². The summed E-state index contributed by atoms with van der Waals surface area (Å²) in [5.74, 6) is 0.0154. The lowest BCUT2D eigenvalue weighted by Gasteiger charge is -2.19. The average Bonchev–Trinajstić information content (AvgIpc) is 2.97. The second-order valence-electron chi connectivity index (χ2n) is 6.54. The van der Waals surface area contributed by atoms with E-state index in [0.717, 1.165) is 23.4 Å². The number of amides is 2. The zero-order valence-corrected chi connectivity index (χ0v) is 14.8. The largest absolute Gasteiger partial charge is 0.373 e. The fraction of sp³-hybridized carbons (Fsp3) is 0.300. The van der Waals surface area contributed by atoms with E-state index in [1.54, 1.807) is 19.0 Å². The van der Waals surface area contributed by atoms with Crippen LogP contribution in [0.25, 0.3) is 0 Å². The van der Waals surface area contributed by atoms with Gasteiger partial charge in [-0.1, -0.05) is 24.3 Å². The van der Waals surface area contributed by atoms with E-state index >= 15 is 0 Å². The summed E-state index contributed by atoms with van der Waals surface area (Å²) in [6.07, 6.45) is 0.735. The topological polar surface area (TPSA) is 52.7 Å². The predicted octanol–water partition coefficient (Wildman–Crippen LogP) is 2.91. The summed E-state index contributed by atoms with van der Waals surface area (Å²) >= 11 is 0. The van der Waals surface area contributed by atoms with Crippen molar-refractivity contribution in [2.45, 2.75) is 19.4 Å². The van der Waals surface area contributed by atoms with E-state index in [-0.39, 0.29) is 17.9 Å². The highest BCUT2D eigenvalue weighted by molar-refractivity contribution is 6.01. The number of carbonyl (C=O) groups is 2. The Morgan fingerprint density at radius 1 is 1.16 bits per heavy atom. The van der Waals surface area contributed by atoms with Gasteiger partial charge < -0.3 is 15.1 Å². The van der Waals surface area contributed by atoms with Gasteiger partial charge in [-0.3, -0.25) is 9.59 Å². The smallest absolute Gasteiger partial charge is 0.253 e. The summed E-state index contributed by atoms with van der Waals surface area (Å²) in [5.41, 5.74) is 3.38. The lowest BCUT2D eigenvalue weighted by Crippen LogP contribution is -2.33. The molecular weight excluding hydrogens is 314 g/mol. The molecule has 1 atom stereocenters. The first kappa shape index (κ1) is 17.0. The standard InChI is InChI=1S/C20H23N3O2/c1-14-9-10-15(19(24)22(2)3)13-18(14)21-17-11-12-23(20(17)25)16-7-5-4-6-8-16/h4-10,13,17,21H,11-12H2,1-3H3/t17-/m0/s1. The first-order chi connectivity index (χ1) is 12.0. The van der Waals surface area contributed by atoms with Gasteiger partial charge in [0, 0.05) is 37.6 Å². The third-order valence-electron chi connectivity index (χ3n) is 4.49. The van der Waals surface area contributed by atoms with E-state index in [0.29, 0.717) is 12.1 Å². The predicted molar refractivity (Wildman–Crippen MR) is 100 cm³/mol. The summed E-state index contributed by atoms with van der Waals surface area (Å²) in [5, 5.41) is 3.33. The summed E-state index contributed by atoms with van der Waals surface area (Å²) in [6, 6.07) is 15.0. The van der Waals surface area contributed by atoms with Crippen LogP contribution in [0.1, 0.15) is 22.3 Å². The number of carbonyl (C=O) groups excluding carboxylic acids is 2. The molecule has 5 nitrogen and oxygen atoms in total. The van der Waals surface area contributed by atoms with Crippen LogP contribution in [0.15, 0.2) is 48.5 Å². The average molecular weight is 337 g/mol. The van der Waals surface area contributed by atoms with Crippen LogP contribution in [0.3, 0.4) is 0 Å². The second kappa shape index (κ2) is 6.97. The normalized spacial score (nSPS) is 16.8. The molecule has 1 aliphatic rings. The maximum Gasteiger partial charge on any atom is 0.253 e. The summed E-state index contributed by atoms with van der Waals surface area (Å²) in [6.45, 7) is 2.66. The summed E-state index contributed by atoms with van der Waals surface area (Å²) in [7, 11) is 3.46. The molecule has 1 saturated heterocycles. The molecule has 2 amide bonds. The molecule has 1 heterocycles. The fourth-order valence-electron chi connectivity index (χ4n) is 3.03. The van der Waals surface area contributed by atoms with Gasteiger partial charge in [-0.05, 0) is 43.2 Å². The van der Waals surface area contributed by atoms with Crippen molar-refractivity contribution in [2.75, 3.05) is 30.9 Å². The molecule has 2 aromatic carbocycles. The van der Waals surface area contributed by atoms with Crippen LogP contribution < -0.4 is 10.2 Å². The van der Waals surface area contributed by atoms with Gasteiger partial charge in [0.2, 0.25) is 5.91 Å². The van der Waals surface area contributed by atoms with Crippen molar-refractivity contribution in [3.63, 3.8) is 0 Å². The van der Waals surface area contributed by atoms with Gasteiger partial charge in [-0.15, -0.1) is 0 Å². The van der Waals surface area contributed by atoms with Gasteiger partial charge in [-0.25, -0.2) is 0 Å². The van der Waals surface area contributed by atoms with Crippen molar-refractivity contribution >= 4 is 23.2 Å². The van der Waals surface area contributed by atoms with Crippen molar-refractivity contribution < 1.29 is 9.59 Å². The zero-order valence-electron chi connectivity index (χ0n) is 14.8. The Hall–Kier alpha value is -2.82. The number of benzene rings is 2. The highest BCUT2D eigenvalue weighted by Gasteiger charge is 2.32. The van der Waals surface area contributed by atoms with Crippen LogP contribution in [-0.2, 0) is 4.79 Å². The van der Waals surface area contributed by atoms with E-state index in [9.17, 15) is 9.59 Å². The molecule has 0 unspecified atom stereocenters. The van der Waals surface area contributed by atoms with Crippen LogP contribution in [-0.4, -0.2) is 43.4 Å². The van der Waals surface area contributed by atoms with E-state index in [2.05, 4.69) is 5.32 Å². The van der Waals surface area contributed by atoms with Gasteiger partial charge in [0.25, 0.3) is 5.91 Å². The molecular formula is C20H23N3O2. The molecule has 0 aliphatic carbocycles. The van der Waals surface area contributed by atoms with Gasteiger partial charge in [0.1, 0.15) is 6.04 Å². The van der Waals surface area contributed by atoms with Crippen molar-refractivity contribution in [3.8, 4) is 0 Å². The van der Waals surface area contributed by atoms with Crippen molar-refractivity contribution in [2.24, 2.45) is 0 Å². The minimum absolute atomic E-state index is 0.0493. The molecule has 0 bridgehead atoms. The molecule has 0 aromatic heterocycles. The quantitative estimate of drug-likeness (QED) is 0.933. The number of para-hydroxylation sites is 1. The highest BCUT2D eigenvalue weighted by atomic mass is 16.2. The third kappa shape index (κ3) is 3.50. The molecule has 0 saturated carbocycles. The maximum absolute atomic E-state index is 12.7. The molecule has 2 aromatic rings. The number of nitrogens with one attached hydrogen (secondary N) is 1. The van der Waals surface area contributed by atoms with E-state index < -0.39 is 0 Å². The molecule has 0 radical (unpaired) electrons. The highest BCUT2D eigenvalue weighted by Crippen LogP contribution is 2.25. The number of hydrogen-bond donors (Lipinski definition) is 1. The molecule has 5 heteroatoms. The maximum atomic E-state index is 12.7. The van der Waals surface area contributed by atoms with Crippen LogP contribution in [0.4, 0.5) is 11.4 Å². The zero-order chi connectivity index (χ0) is 18.0. The van der Waals surface area contributed by atoms with Crippen molar-refractivity contribution in [1.82, 2.24) is 4.90 Å². The number of aryl methyl sites for hydroxylation is 1. The lowest BCUT2D eigenvalue weighted by molar-refractivity contribution is -0.117. The molecule has 1 N–H and O–H groups in total. The fourth-order valence-corrected chi connectivity index (χ4v) is 3.03. The van der Waals surface area contributed by atoms with Gasteiger partial charge >= 0.3 is 0 Å². The minimum atomic E-state index is -0.274. The summed E-state index contributed by atoms with van der Waals surface area (Å²) in [4.78, 5) is 28.3. The van der Waals surface area contributed by atoms with Crippen LogP contribution in [0.2, 0.25) is 0 Å². The second-order valence-corrected chi connectivity index (χ2v) is 6.54. The first-order valence-corrected chi connectivity index (χ1v) is 8.42. The molecule has 130 valence electrons. The first-order valence-electron chi connectivity index (χ1n) is 8.42. The number of hydrogen-bond acceptors (Lipinski definition) is 3. The minimum Gasteiger partial charge on any atom is -0.373 e. The molecule has 0 spiro atoms. The summed E-state index contributed by atoms with van der Waals surface area (Å²) < 4.78 is 0. The SMILES string of the molecule is Cc1ccc(C(=O)N(C)C)cc1N[C@H]1CCN(c2ccccc2)C1=O. The van der Waals surface area contributed by atoms with E-state index in [1.165, 1.54) is 0 Å². The van der Waals surface area contributed by atoms with Gasteiger partial charge in [0.15, 0.2) is 0 Å². The Kier molecular flexibility index (Phi) is 4.74. The Balaban J connectivity index is 1.78. The molecule has 3 rings (SSSR count). The van der Waals surface area contributed by atoms with Gasteiger partial charge in [-0.2, -0.15) is 0 Å². The van der Waals surface area contributed by atoms with Crippen molar-refractivity contribution in [3.05, 3.63) is 59.7 Å². The van der Waals surface area contributed by atoms with E-state index in [1.807, 2.05) is 60.4 Å². The van der Waals surface area contributed by atoms with Crippen LogP contribution >= 0.6 is 0 Å². The number of nitrogens with zero attached hydrogens (tertiary/aromatic N) is 2. The van der Waals surface area contributed by atoms with Crippen LogP contribution in [0.5, 0.6) is 0 Å². The number of anilines is 2. The Morgan fingerprint density at radius 3 is 2.56 bits per heavy atom. The molecule has 1 aliphatic heterocycles. The Morgan fingerprint density at radius 2 is 1.88 bits per heavy atom. The molecule has 25 heavy (non-hydrogen) atoms. The third-order valence-corrected chi connectivity index (χ3v) is 4.49. The monoisotopic (exact) mass is 337 g/mol. The van der Waals surface area contributed by atoms with Crippen molar-refractivity contribution in [1.29, 1.82) is 0 Å². The molecule has 1 fully saturated rings. The van der Waals surface area contributed by atoms with Crippen LogP contribution in [0, 0.1) is 6.92 Å². The van der Waals surface area contributed by atoms with E-state index in [4.69, 9.17) is 0 Å².